The van der Waals surface area contributed by atoms with Gasteiger partial charge >= 0.3 is 0 Å². The number of rotatable bonds is 4. The van der Waals surface area contributed by atoms with Gasteiger partial charge in [0.1, 0.15) is 11.6 Å². The molecule has 2 aliphatic rings. The fourth-order valence-electron chi connectivity index (χ4n) is 4.04. The molecule has 0 bridgehead atoms. The summed E-state index contributed by atoms with van der Waals surface area (Å²) in [6, 6.07) is 2.40. The summed E-state index contributed by atoms with van der Waals surface area (Å²) in [6.45, 7) is 1.86. The van der Waals surface area contributed by atoms with Gasteiger partial charge in [-0.2, -0.15) is 0 Å². The molecule has 2 aliphatic heterocycles. The first-order chi connectivity index (χ1) is 13.5. The molecule has 1 unspecified atom stereocenters. The van der Waals surface area contributed by atoms with Gasteiger partial charge in [0, 0.05) is 42.9 Å². The first-order valence-electron chi connectivity index (χ1n) is 9.25. The maximum absolute atomic E-state index is 14.4. The van der Waals surface area contributed by atoms with Gasteiger partial charge in [-0.25, -0.2) is 8.78 Å². The Kier molecular flexibility index (Phi) is 5.53. The van der Waals surface area contributed by atoms with Crippen molar-refractivity contribution in [3.63, 3.8) is 0 Å². The van der Waals surface area contributed by atoms with Crippen LogP contribution in [0.15, 0.2) is 12.1 Å². The number of H-pyrrole nitrogens is 1. The summed E-state index contributed by atoms with van der Waals surface area (Å²) in [4.78, 5) is 15.5. The van der Waals surface area contributed by atoms with E-state index in [0.29, 0.717) is 50.3 Å². The van der Waals surface area contributed by atoms with Crippen LogP contribution in [0.1, 0.15) is 35.7 Å². The molecule has 9 heteroatoms. The number of carbonyl (C=O) groups is 1. The van der Waals surface area contributed by atoms with E-state index in [4.69, 9.17) is 28.6 Å². The molecule has 0 saturated carbocycles. The van der Waals surface area contributed by atoms with Gasteiger partial charge in [-0.15, -0.1) is 0 Å². The SMILES string of the molecule is O=C(NCc1[nH]c(=S)n2c1CC(c1c(F)ccc(Cl)c1F)C2)C1CCOCC1. The Morgan fingerprint density at radius 2 is 2.11 bits per heavy atom. The highest BCUT2D eigenvalue weighted by Gasteiger charge is 2.32. The predicted octanol–water partition coefficient (Wildman–Crippen LogP) is 3.86. The molecule has 1 saturated heterocycles. The molecular formula is C19H20ClF2N3O2S. The number of carbonyl (C=O) groups excluding carboxylic acids is 1. The van der Waals surface area contributed by atoms with Crippen molar-refractivity contribution in [2.45, 2.75) is 38.3 Å². The number of amides is 1. The second-order valence-electron chi connectivity index (χ2n) is 7.23. The van der Waals surface area contributed by atoms with Crippen molar-refractivity contribution in [1.29, 1.82) is 0 Å². The molecule has 2 N–H and O–H groups in total. The van der Waals surface area contributed by atoms with E-state index in [2.05, 4.69) is 10.3 Å². The van der Waals surface area contributed by atoms with Crippen LogP contribution >= 0.6 is 23.8 Å². The summed E-state index contributed by atoms with van der Waals surface area (Å²) >= 11 is 11.2. The molecule has 1 amide bonds. The zero-order valence-electron chi connectivity index (χ0n) is 15.1. The van der Waals surface area contributed by atoms with Crippen LogP contribution in [-0.4, -0.2) is 28.7 Å². The number of ether oxygens (including phenoxy) is 1. The molecule has 1 fully saturated rings. The fraction of sp³-hybridized carbons (Fsp3) is 0.474. The van der Waals surface area contributed by atoms with E-state index in [1.54, 1.807) is 0 Å². The smallest absolute Gasteiger partial charge is 0.223 e. The number of benzene rings is 1. The lowest BCUT2D eigenvalue weighted by Gasteiger charge is -2.21. The number of aromatic nitrogens is 2. The lowest BCUT2D eigenvalue weighted by atomic mass is 9.95. The molecule has 28 heavy (non-hydrogen) atoms. The van der Waals surface area contributed by atoms with Crippen molar-refractivity contribution in [2.75, 3.05) is 13.2 Å². The zero-order chi connectivity index (χ0) is 19.8. The van der Waals surface area contributed by atoms with Crippen LogP contribution in [0, 0.1) is 22.3 Å². The van der Waals surface area contributed by atoms with E-state index in [0.717, 1.165) is 11.4 Å². The average Bonchev–Trinajstić information content (AvgIpc) is 3.24. The summed E-state index contributed by atoms with van der Waals surface area (Å²) in [5.74, 6) is -1.78. The Morgan fingerprint density at radius 1 is 1.36 bits per heavy atom. The minimum atomic E-state index is -0.721. The Labute approximate surface area is 171 Å². The third-order valence-electron chi connectivity index (χ3n) is 5.54. The van der Waals surface area contributed by atoms with Crippen LogP contribution in [0.3, 0.4) is 0 Å². The maximum Gasteiger partial charge on any atom is 0.223 e. The Balaban J connectivity index is 1.50. The molecule has 1 atom stereocenters. The Bertz CT molecular complexity index is 969. The number of imidazole rings is 1. The molecule has 150 valence electrons. The number of hydrogen-bond acceptors (Lipinski definition) is 3. The molecule has 2 aromatic rings. The summed E-state index contributed by atoms with van der Waals surface area (Å²) in [5, 5.41) is 2.85. The summed E-state index contributed by atoms with van der Waals surface area (Å²) in [5.41, 5.74) is 1.62. The number of nitrogens with one attached hydrogen (secondary N) is 2. The van der Waals surface area contributed by atoms with Crippen LogP contribution in [0.25, 0.3) is 0 Å². The largest absolute Gasteiger partial charge is 0.381 e. The van der Waals surface area contributed by atoms with Gasteiger partial charge in [0.25, 0.3) is 0 Å². The second-order valence-corrected chi connectivity index (χ2v) is 8.02. The maximum atomic E-state index is 14.4. The van der Waals surface area contributed by atoms with Crippen LogP contribution < -0.4 is 5.32 Å². The van der Waals surface area contributed by atoms with Gasteiger partial charge in [-0.3, -0.25) is 4.79 Å². The van der Waals surface area contributed by atoms with Gasteiger partial charge in [-0.1, -0.05) is 11.6 Å². The van der Waals surface area contributed by atoms with Crippen molar-refractivity contribution >= 4 is 29.7 Å². The van der Waals surface area contributed by atoms with Gasteiger partial charge in [-0.05, 0) is 43.6 Å². The highest BCUT2D eigenvalue weighted by Crippen LogP contribution is 2.36. The molecule has 1 aromatic carbocycles. The second kappa shape index (κ2) is 7.93. The highest BCUT2D eigenvalue weighted by molar-refractivity contribution is 7.71. The molecule has 1 aromatic heterocycles. The molecule has 5 nitrogen and oxygen atoms in total. The Morgan fingerprint density at radius 3 is 2.86 bits per heavy atom. The van der Waals surface area contributed by atoms with Gasteiger partial charge < -0.3 is 19.6 Å². The average molecular weight is 428 g/mol. The molecule has 0 spiro atoms. The van der Waals surface area contributed by atoms with Gasteiger partial charge in [0.15, 0.2) is 4.77 Å². The zero-order valence-corrected chi connectivity index (χ0v) is 16.6. The van der Waals surface area contributed by atoms with E-state index < -0.39 is 17.6 Å². The summed E-state index contributed by atoms with van der Waals surface area (Å²) in [7, 11) is 0. The van der Waals surface area contributed by atoms with Crippen molar-refractivity contribution < 1.29 is 18.3 Å². The van der Waals surface area contributed by atoms with E-state index in [1.807, 2.05) is 4.57 Å². The Hall–Kier alpha value is -1.77. The molecule has 0 radical (unpaired) electrons. The third-order valence-corrected chi connectivity index (χ3v) is 6.15. The number of hydrogen-bond donors (Lipinski definition) is 2. The van der Waals surface area contributed by atoms with Gasteiger partial charge in [0.05, 0.1) is 17.3 Å². The van der Waals surface area contributed by atoms with Crippen molar-refractivity contribution in [2.24, 2.45) is 5.92 Å². The van der Waals surface area contributed by atoms with E-state index in [1.165, 1.54) is 12.1 Å². The number of fused-ring (bicyclic) bond motifs is 1. The van der Waals surface area contributed by atoms with E-state index in [9.17, 15) is 13.6 Å². The topological polar surface area (TPSA) is 59.0 Å². The van der Waals surface area contributed by atoms with Crippen LogP contribution in [0.4, 0.5) is 8.78 Å². The molecule has 0 aliphatic carbocycles. The number of aromatic amines is 1. The van der Waals surface area contributed by atoms with E-state index in [-0.39, 0.29) is 22.4 Å². The van der Waals surface area contributed by atoms with Gasteiger partial charge in [0.2, 0.25) is 5.91 Å². The van der Waals surface area contributed by atoms with Crippen LogP contribution in [0.2, 0.25) is 5.02 Å². The molecule has 4 rings (SSSR count). The lowest BCUT2D eigenvalue weighted by molar-refractivity contribution is -0.128. The van der Waals surface area contributed by atoms with Crippen molar-refractivity contribution in [1.82, 2.24) is 14.9 Å². The quantitative estimate of drug-likeness (QED) is 0.575. The third kappa shape index (κ3) is 3.60. The highest BCUT2D eigenvalue weighted by atomic mass is 35.5. The van der Waals surface area contributed by atoms with Crippen molar-refractivity contribution in [3.05, 3.63) is 50.5 Å². The number of nitrogens with zero attached hydrogens (tertiary/aromatic N) is 1. The molecular weight excluding hydrogens is 408 g/mol. The predicted molar refractivity (Wildman–Crippen MR) is 103 cm³/mol. The summed E-state index contributed by atoms with van der Waals surface area (Å²) < 4.78 is 36.3. The van der Waals surface area contributed by atoms with Crippen LogP contribution in [-0.2, 0) is 29.0 Å². The van der Waals surface area contributed by atoms with Crippen molar-refractivity contribution in [3.8, 4) is 0 Å². The first kappa shape index (κ1) is 19.5. The molecule has 3 heterocycles. The minimum Gasteiger partial charge on any atom is -0.381 e. The fourth-order valence-corrected chi connectivity index (χ4v) is 4.51. The van der Waals surface area contributed by atoms with E-state index >= 15 is 0 Å². The van der Waals surface area contributed by atoms with Crippen LogP contribution in [0.5, 0.6) is 0 Å². The summed E-state index contributed by atoms with van der Waals surface area (Å²) in [6.07, 6.45) is 1.85. The first-order valence-corrected chi connectivity index (χ1v) is 10.0. The lowest BCUT2D eigenvalue weighted by Crippen LogP contribution is -2.34. The monoisotopic (exact) mass is 427 g/mol. The normalized spacial score (nSPS) is 19.6. The standard InChI is InChI=1S/C19H20ClF2N3O2S/c20-12-1-2-13(21)16(17(12)22)11-7-15-14(24-19(28)25(15)9-11)8-23-18(26)10-3-5-27-6-4-10/h1-2,10-11H,3-9H2,(H,23,26)(H,24,28). The number of halogens is 3. The minimum absolute atomic E-state index is 0.0101.